The first-order chi connectivity index (χ1) is 5.46. The average molecular weight is 171 g/mol. The first-order valence-corrected chi connectivity index (χ1v) is 4.74. The molecule has 2 heteroatoms. The van der Waals surface area contributed by atoms with Crippen LogP contribution in [-0.2, 0) is 4.74 Å². The monoisotopic (exact) mass is 171 g/mol. The van der Waals surface area contributed by atoms with Crippen LogP contribution < -0.4 is 5.73 Å². The minimum absolute atomic E-state index is 0.208. The minimum Gasteiger partial charge on any atom is -0.380 e. The van der Waals surface area contributed by atoms with Crippen molar-refractivity contribution in [3.8, 4) is 0 Å². The molecule has 1 saturated heterocycles. The van der Waals surface area contributed by atoms with Gasteiger partial charge in [0.05, 0.1) is 13.2 Å². The molecule has 1 fully saturated rings. The maximum absolute atomic E-state index is 5.78. The lowest BCUT2D eigenvalue weighted by molar-refractivity contribution is -0.197. The van der Waals surface area contributed by atoms with Crippen molar-refractivity contribution < 1.29 is 4.74 Å². The molecule has 1 heterocycles. The molecule has 2 N–H and O–H groups in total. The second kappa shape index (κ2) is 3.00. The molecule has 12 heavy (non-hydrogen) atoms. The number of nitrogens with two attached hydrogens (primary N) is 1. The summed E-state index contributed by atoms with van der Waals surface area (Å²) >= 11 is 0. The summed E-state index contributed by atoms with van der Waals surface area (Å²) in [5.74, 6) is 0.657. The maximum atomic E-state index is 5.78. The molecule has 0 aromatic rings. The van der Waals surface area contributed by atoms with Gasteiger partial charge in [-0.3, -0.25) is 0 Å². The molecule has 0 amide bonds. The summed E-state index contributed by atoms with van der Waals surface area (Å²) < 4.78 is 5.33. The molecule has 0 atom stereocenters. The zero-order valence-electron chi connectivity index (χ0n) is 8.68. The lowest BCUT2D eigenvalue weighted by Gasteiger charge is -2.55. The van der Waals surface area contributed by atoms with Crippen molar-refractivity contribution in [1.82, 2.24) is 0 Å². The van der Waals surface area contributed by atoms with Gasteiger partial charge < -0.3 is 10.5 Å². The van der Waals surface area contributed by atoms with Crippen molar-refractivity contribution in [1.29, 1.82) is 0 Å². The topological polar surface area (TPSA) is 35.2 Å². The third kappa shape index (κ3) is 1.17. The van der Waals surface area contributed by atoms with Gasteiger partial charge in [0, 0.05) is 5.41 Å². The maximum Gasteiger partial charge on any atom is 0.0552 e. The van der Waals surface area contributed by atoms with Crippen LogP contribution in [0.5, 0.6) is 0 Å². The summed E-state index contributed by atoms with van der Waals surface area (Å²) in [7, 11) is 0. The number of rotatable bonds is 3. The van der Waals surface area contributed by atoms with Crippen LogP contribution in [0.3, 0.4) is 0 Å². The molecule has 1 aliphatic heterocycles. The Morgan fingerprint density at radius 2 is 1.92 bits per heavy atom. The highest BCUT2D eigenvalue weighted by atomic mass is 16.5. The van der Waals surface area contributed by atoms with E-state index in [4.69, 9.17) is 10.5 Å². The van der Waals surface area contributed by atoms with Gasteiger partial charge in [0.2, 0.25) is 0 Å². The second-order valence-corrected chi connectivity index (χ2v) is 4.89. The molecule has 0 aromatic heterocycles. The number of ether oxygens (including phenoxy) is 1. The van der Waals surface area contributed by atoms with Gasteiger partial charge in [-0.15, -0.1) is 0 Å². The Kier molecular flexibility index (Phi) is 2.50. The van der Waals surface area contributed by atoms with Crippen LogP contribution in [0.25, 0.3) is 0 Å². The number of hydrogen-bond acceptors (Lipinski definition) is 2. The predicted molar refractivity (Wildman–Crippen MR) is 50.9 cm³/mol. The standard InChI is InChI=1S/C10H21NO/c1-8(2)10(6-12-7-10)9(3,4)5-11/h8H,5-7,11H2,1-4H3. The van der Waals surface area contributed by atoms with E-state index in [0.717, 1.165) is 19.8 Å². The highest BCUT2D eigenvalue weighted by Crippen LogP contribution is 2.49. The van der Waals surface area contributed by atoms with Crippen molar-refractivity contribution in [2.45, 2.75) is 27.7 Å². The van der Waals surface area contributed by atoms with E-state index in [0.29, 0.717) is 11.3 Å². The van der Waals surface area contributed by atoms with E-state index in [1.807, 2.05) is 0 Å². The van der Waals surface area contributed by atoms with Crippen LogP contribution in [0, 0.1) is 16.7 Å². The summed E-state index contributed by atoms with van der Waals surface area (Å²) in [5.41, 5.74) is 6.31. The Bertz CT molecular complexity index is 159. The fourth-order valence-electron chi connectivity index (χ4n) is 2.03. The van der Waals surface area contributed by atoms with Crippen LogP contribution in [-0.4, -0.2) is 19.8 Å². The van der Waals surface area contributed by atoms with Crippen molar-refractivity contribution in [3.63, 3.8) is 0 Å². The van der Waals surface area contributed by atoms with Gasteiger partial charge in [-0.05, 0) is 17.9 Å². The van der Waals surface area contributed by atoms with E-state index in [2.05, 4.69) is 27.7 Å². The fourth-order valence-corrected chi connectivity index (χ4v) is 2.03. The van der Waals surface area contributed by atoms with E-state index < -0.39 is 0 Å². The Balaban J connectivity index is 2.79. The van der Waals surface area contributed by atoms with Gasteiger partial charge in [0.1, 0.15) is 0 Å². The van der Waals surface area contributed by atoms with Crippen LogP contribution in [0.1, 0.15) is 27.7 Å². The zero-order chi connectivity index (χ0) is 9.41. The van der Waals surface area contributed by atoms with Gasteiger partial charge in [0.15, 0.2) is 0 Å². The molecular formula is C10H21NO. The second-order valence-electron chi connectivity index (χ2n) is 4.89. The van der Waals surface area contributed by atoms with E-state index >= 15 is 0 Å². The summed E-state index contributed by atoms with van der Waals surface area (Å²) in [4.78, 5) is 0. The SMILES string of the molecule is CC(C)C1(C(C)(C)CN)COC1. The Morgan fingerprint density at radius 1 is 1.42 bits per heavy atom. The molecule has 0 aromatic carbocycles. The lowest BCUT2D eigenvalue weighted by atomic mass is 9.58. The summed E-state index contributed by atoms with van der Waals surface area (Å²) in [6, 6.07) is 0. The highest BCUT2D eigenvalue weighted by molar-refractivity contribution is 4.99. The van der Waals surface area contributed by atoms with Gasteiger partial charge >= 0.3 is 0 Å². The van der Waals surface area contributed by atoms with Gasteiger partial charge in [-0.25, -0.2) is 0 Å². The molecule has 1 rings (SSSR count). The van der Waals surface area contributed by atoms with E-state index in [1.54, 1.807) is 0 Å². The molecule has 2 nitrogen and oxygen atoms in total. The highest BCUT2D eigenvalue weighted by Gasteiger charge is 2.51. The van der Waals surface area contributed by atoms with Crippen molar-refractivity contribution in [3.05, 3.63) is 0 Å². The molecule has 0 radical (unpaired) electrons. The lowest BCUT2D eigenvalue weighted by Crippen LogP contribution is -2.58. The van der Waals surface area contributed by atoms with Crippen LogP contribution in [0.4, 0.5) is 0 Å². The molecule has 0 aliphatic carbocycles. The quantitative estimate of drug-likeness (QED) is 0.700. The third-order valence-electron chi connectivity index (χ3n) is 3.68. The van der Waals surface area contributed by atoms with Gasteiger partial charge in [-0.2, -0.15) is 0 Å². The Labute approximate surface area is 75.5 Å². The van der Waals surface area contributed by atoms with Gasteiger partial charge in [0.25, 0.3) is 0 Å². The van der Waals surface area contributed by atoms with E-state index in [9.17, 15) is 0 Å². The molecule has 0 bridgehead atoms. The first kappa shape index (κ1) is 10.0. The molecule has 0 saturated carbocycles. The molecule has 0 spiro atoms. The smallest absolute Gasteiger partial charge is 0.0552 e. The van der Waals surface area contributed by atoms with Crippen molar-refractivity contribution in [2.24, 2.45) is 22.5 Å². The Morgan fingerprint density at radius 3 is 2.00 bits per heavy atom. The predicted octanol–water partition coefficient (Wildman–Crippen LogP) is 1.64. The van der Waals surface area contributed by atoms with Crippen molar-refractivity contribution >= 4 is 0 Å². The Hall–Kier alpha value is -0.0800. The zero-order valence-corrected chi connectivity index (χ0v) is 8.68. The number of hydrogen-bond donors (Lipinski definition) is 1. The molecule has 1 aliphatic rings. The van der Waals surface area contributed by atoms with E-state index in [-0.39, 0.29) is 5.41 Å². The van der Waals surface area contributed by atoms with Gasteiger partial charge in [-0.1, -0.05) is 27.7 Å². The van der Waals surface area contributed by atoms with Crippen LogP contribution in [0.15, 0.2) is 0 Å². The van der Waals surface area contributed by atoms with Crippen LogP contribution in [0.2, 0.25) is 0 Å². The third-order valence-corrected chi connectivity index (χ3v) is 3.68. The first-order valence-electron chi connectivity index (χ1n) is 4.74. The minimum atomic E-state index is 0.208. The average Bonchev–Trinajstić information content (AvgIpc) is 1.83. The largest absolute Gasteiger partial charge is 0.380 e. The molecule has 72 valence electrons. The summed E-state index contributed by atoms with van der Waals surface area (Å²) in [6.07, 6.45) is 0. The molecular weight excluding hydrogens is 150 g/mol. The van der Waals surface area contributed by atoms with Crippen LogP contribution >= 0.6 is 0 Å². The normalized spacial score (nSPS) is 22.5. The summed E-state index contributed by atoms with van der Waals surface area (Å²) in [5, 5.41) is 0. The fraction of sp³-hybridized carbons (Fsp3) is 1.00. The molecule has 0 unspecified atom stereocenters. The van der Waals surface area contributed by atoms with E-state index in [1.165, 1.54) is 0 Å². The summed E-state index contributed by atoms with van der Waals surface area (Å²) in [6.45, 7) is 11.5. The van der Waals surface area contributed by atoms with Crippen molar-refractivity contribution in [2.75, 3.05) is 19.8 Å².